The van der Waals surface area contributed by atoms with Gasteiger partial charge in [0.05, 0.1) is 13.7 Å². The number of hydrogen-bond acceptors (Lipinski definition) is 4. The predicted molar refractivity (Wildman–Crippen MR) is 59.3 cm³/mol. The summed E-state index contributed by atoms with van der Waals surface area (Å²) in [6, 6.07) is 2.29. The van der Waals surface area contributed by atoms with E-state index in [1.807, 2.05) is 0 Å². The monoisotopic (exact) mass is 242 g/mol. The summed E-state index contributed by atoms with van der Waals surface area (Å²) in [6.45, 7) is 3.42. The number of halogens is 1. The second kappa shape index (κ2) is 5.63. The van der Waals surface area contributed by atoms with Gasteiger partial charge in [0.15, 0.2) is 6.10 Å². The predicted octanol–water partition coefficient (Wildman–Crippen LogP) is 1.74. The minimum atomic E-state index is -1.50. The lowest BCUT2D eigenvalue weighted by Gasteiger charge is -2.15. The molecule has 0 aliphatic rings. The van der Waals surface area contributed by atoms with E-state index in [2.05, 4.69) is 4.74 Å². The maximum Gasteiger partial charge on any atom is 0.339 e. The van der Waals surface area contributed by atoms with Crippen LogP contribution in [0.4, 0.5) is 4.39 Å². The Bertz CT molecular complexity index is 417. The molecule has 1 unspecified atom stereocenters. The normalized spacial score (nSPS) is 12.1. The highest BCUT2D eigenvalue weighted by Gasteiger charge is 2.23. The summed E-state index contributed by atoms with van der Waals surface area (Å²) in [5, 5.41) is 9.75. The molecule has 0 fully saturated rings. The molecule has 0 spiro atoms. The van der Waals surface area contributed by atoms with Gasteiger partial charge in [-0.15, -0.1) is 0 Å². The molecule has 17 heavy (non-hydrogen) atoms. The Balaban J connectivity index is 3.12. The summed E-state index contributed by atoms with van der Waals surface area (Å²) < 4.78 is 22.9. The standard InChI is InChI=1S/C12H15FO4/c1-4-17-12(15)11(14)9-5-8(13)6-10(16-3)7(9)2/h5-6,11,14H,4H2,1-3H3. The molecule has 5 heteroatoms. The molecule has 0 saturated carbocycles. The Morgan fingerprint density at radius 2 is 2.18 bits per heavy atom. The Morgan fingerprint density at radius 1 is 1.53 bits per heavy atom. The van der Waals surface area contributed by atoms with Gasteiger partial charge in [0, 0.05) is 11.6 Å². The number of benzene rings is 1. The second-order valence-corrected chi connectivity index (χ2v) is 3.48. The first-order valence-corrected chi connectivity index (χ1v) is 5.20. The van der Waals surface area contributed by atoms with E-state index in [4.69, 9.17) is 4.74 Å². The van der Waals surface area contributed by atoms with Crippen molar-refractivity contribution in [1.82, 2.24) is 0 Å². The molecule has 1 atom stereocenters. The van der Waals surface area contributed by atoms with Crippen molar-refractivity contribution in [3.63, 3.8) is 0 Å². The van der Waals surface area contributed by atoms with Crippen molar-refractivity contribution < 1.29 is 23.8 Å². The summed E-state index contributed by atoms with van der Waals surface area (Å²) >= 11 is 0. The minimum Gasteiger partial charge on any atom is -0.496 e. The number of carbonyl (C=O) groups excluding carboxylic acids is 1. The third-order valence-electron chi connectivity index (χ3n) is 2.39. The molecule has 4 nitrogen and oxygen atoms in total. The van der Waals surface area contributed by atoms with Crippen LogP contribution in [0.1, 0.15) is 24.2 Å². The fourth-order valence-corrected chi connectivity index (χ4v) is 1.52. The first kappa shape index (κ1) is 13.4. The Morgan fingerprint density at radius 3 is 2.71 bits per heavy atom. The summed E-state index contributed by atoms with van der Waals surface area (Å²) in [5.41, 5.74) is 0.662. The van der Waals surface area contributed by atoms with Crippen molar-refractivity contribution in [3.05, 3.63) is 29.1 Å². The molecule has 0 aromatic heterocycles. The van der Waals surface area contributed by atoms with Crippen molar-refractivity contribution in [2.45, 2.75) is 20.0 Å². The van der Waals surface area contributed by atoms with Gasteiger partial charge in [-0.2, -0.15) is 0 Å². The van der Waals surface area contributed by atoms with E-state index >= 15 is 0 Å². The highest BCUT2D eigenvalue weighted by Crippen LogP contribution is 2.28. The van der Waals surface area contributed by atoms with Crippen molar-refractivity contribution >= 4 is 5.97 Å². The molecule has 1 aromatic carbocycles. The van der Waals surface area contributed by atoms with Crippen molar-refractivity contribution in [2.24, 2.45) is 0 Å². The van der Waals surface area contributed by atoms with E-state index in [1.165, 1.54) is 13.2 Å². The Labute approximate surface area is 99.0 Å². The zero-order valence-corrected chi connectivity index (χ0v) is 9.99. The molecule has 0 saturated heterocycles. The van der Waals surface area contributed by atoms with Crippen LogP contribution >= 0.6 is 0 Å². The third-order valence-corrected chi connectivity index (χ3v) is 2.39. The van der Waals surface area contributed by atoms with Gasteiger partial charge in [0.25, 0.3) is 0 Å². The number of carbonyl (C=O) groups is 1. The summed E-state index contributed by atoms with van der Waals surface area (Å²) in [5.74, 6) is -1.10. The maximum atomic E-state index is 13.3. The average molecular weight is 242 g/mol. The van der Waals surface area contributed by atoms with Gasteiger partial charge in [-0.1, -0.05) is 0 Å². The van der Waals surface area contributed by atoms with Crippen molar-refractivity contribution in [1.29, 1.82) is 0 Å². The van der Waals surface area contributed by atoms with Crippen LogP contribution in [0.25, 0.3) is 0 Å². The van der Waals surface area contributed by atoms with E-state index in [9.17, 15) is 14.3 Å². The van der Waals surface area contributed by atoms with Crippen LogP contribution in [0, 0.1) is 12.7 Å². The van der Waals surface area contributed by atoms with Gasteiger partial charge in [0.2, 0.25) is 0 Å². The number of rotatable bonds is 4. The second-order valence-electron chi connectivity index (χ2n) is 3.48. The molecule has 94 valence electrons. The van der Waals surface area contributed by atoms with E-state index in [0.717, 1.165) is 6.07 Å². The number of ether oxygens (including phenoxy) is 2. The first-order chi connectivity index (χ1) is 8.01. The Hall–Kier alpha value is -1.62. The third kappa shape index (κ3) is 2.94. The Kier molecular flexibility index (Phi) is 4.45. The van der Waals surface area contributed by atoms with Gasteiger partial charge in [-0.05, 0) is 25.5 Å². The van der Waals surface area contributed by atoms with E-state index in [0.29, 0.717) is 5.56 Å². The molecule has 0 aliphatic heterocycles. The van der Waals surface area contributed by atoms with Crippen LogP contribution in [-0.2, 0) is 9.53 Å². The van der Waals surface area contributed by atoms with Crippen molar-refractivity contribution in [2.75, 3.05) is 13.7 Å². The summed E-state index contributed by atoms with van der Waals surface area (Å²) in [6.07, 6.45) is -1.50. The highest BCUT2D eigenvalue weighted by molar-refractivity contribution is 5.77. The average Bonchev–Trinajstić information content (AvgIpc) is 2.31. The lowest BCUT2D eigenvalue weighted by atomic mass is 10.0. The number of methoxy groups -OCH3 is 1. The molecule has 0 heterocycles. The van der Waals surface area contributed by atoms with Gasteiger partial charge in [-0.3, -0.25) is 0 Å². The van der Waals surface area contributed by atoms with Crippen LogP contribution in [0.3, 0.4) is 0 Å². The number of esters is 1. The van der Waals surface area contributed by atoms with Crippen LogP contribution in [0.2, 0.25) is 0 Å². The highest BCUT2D eigenvalue weighted by atomic mass is 19.1. The van der Waals surface area contributed by atoms with E-state index in [1.54, 1.807) is 13.8 Å². The van der Waals surface area contributed by atoms with Gasteiger partial charge in [-0.25, -0.2) is 9.18 Å². The first-order valence-electron chi connectivity index (χ1n) is 5.20. The molecule has 0 radical (unpaired) electrons. The molecular weight excluding hydrogens is 227 g/mol. The summed E-state index contributed by atoms with van der Waals surface area (Å²) in [4.78, 5) is 11.4. The van der Waals surface area contributed by atoms with Gasteiger partial charge >= 0.3 is 5.97 Å². The van der Waals surface area contributed by atoms with Gasteiger partial charge < -0.3 is 14.6 Å². The maximum absolute atomic E-state index is 13.3. The fourth-order valence-electron chi connectivity index (χ4n) is 1.52. The van der Waals surface area contributed by atoms with E-state index < -0.39 is 17.9 Å². The fraction of sp³-hybridized carbons (Fsp3) is 0.417. The quantitative estimate of drug-likeness (QED) is 0.817. The zero-order valence-electron chi connectivity index (χ0n) is 9.99. The smallest absolute Gasteiger partial charge is 0.339 e. The van der Waals surface area contributed by atoms with E-state index in [-0.39, 0.29) is 17.9 Å². The topological polar surface area (TPSA) is 55.8 Å². The van der Waals surface area contributed by atoms with Crippen LogP contribution in [0.5, 0.6) is 5.75 Å². The lowest BCUT2D eigenvalue weighted by Crippen LogP contribution is -2.16. The molecule has 0 aliphatic carbocycles. The minimum absolute atomic E-state index is 0.153. The van der Waals surface area contributed by atoms with Crippen LogP contribution in [0.15, 0.2) is 12.1 Å². The number of aliphatic hydroxyl groups excluding tert-OH is 1. The van der Waals surface area contributed by atoms with Crippen LogP contribution in [-0.4, -0.2) is 24.8 Å². The van der Waals surface area contributed by atoms with Crippen molar-refractivity contribution in [3.8, 4) is 5.75 Å². The molecular formula is C12H15FO4. The SMILES string of the molecule is CCOC(=O)C(O)c1cc(F)cc(OC)c1C. The lowest BCUT2D eigenvalue weighted by molar-refractivity contribution is -0.153. The number of aliphatic hydroxyl groups is 1. The van der Waals surface area contributed by atoms with Gasteiger partial charge in [0.1, 0.15) is 11.6 Å². The number of hydrogen-bond donors (Lipinski definition) is 1. The largest absolute Gasteiger partial charge is 0.496 e. The summed E-state index contributed by atoms with van der Waals surface area (Å²) in [7, 11) is 1.39. The molecule has 0 amide bonds. The molecule has 0 bridgehead atoms. The molecule has 1 rings (SSSR count). The molecule has 1 N–H and O–H groups in total. The zero-order chi connectivity index (χ0) is 13.0. The van der Waals surface area contributed by atoms with Crippen LogP contribution < -0.4 is 4.74 Å². The molecule has 1 aromatic rings.